The molecule has 2 aromatic heterocycles. The van der Waals surface area contributed by atoms with Crippen LogP contribution in [0.15, 0.2) is 59.0 Å². The Morgan fingerprint density at radius 1 is 1.05 bits per heavy atom. The summed E-state index contributed by atoms with van der Waals surface area (Å²) in [5.41, 5.74) is 6.92. The molecule has 0 saturated carbocycles. The highest BCUT2D eigenvalue weighted by atomic mass is 15.6. The van der Waals surface area contributed by atoms with Crippen LogP contribution < -0.4 is 11.0 Å². The van der Waals surface area contributed by atoms with Gasteiger partial charge in [-0.1, -0.05) is 23.4 Å². The van der Waals surface area contributed by atoms with Gasteiger partial charge in [0.05, 0.1) is 11.1 Å². The van der Waals surface area contributed by atoms with Crippen LogP contribution in [0.2, 0.25) is 0 Å². The van der Waals surface area contributed by atoms with Crippen LogP contribution in [-0.4, -0.2) is 15.2 Å². The summed E-state index contributed by atoms with van der Waals surface area (Å²) in [6.07, 6.45) is 1.69. The van der Waals surface area contributed by atoms with Gasteiger partial charge in [0, 0.05) is 6.20 Å². The number of benzene rings is 1. The minimum atomic E-state index is 0.645. The number of aromatic nitrogens is 3. The van der Waals surface area contributed by atoms with Crippen molar-refractivity contribution in [1.29, 1.82) is 0 Å². The van der Waals surface area contributed by atoms with E-state index in [0.717, 1.165) is 11.1 Å². The van der Waals surface area contributed by atoms with E-state index in [-0.39, 0.29) is 0 Å². The van der Waals surface area contributed by atoms with E-state index in [9.17, 15) is 0 Å². The molecule has 0 aliphatic carbocycles. The van der Waals surface area contributed by atoms with Crippen molar-refractivity contribution in [3.05, 3.63) is 48.7 Å². The van der Waals surface area contributed by atoms with E-state index < -0.39 is 0 Å². The van der Waals surface area contributed by atoms with Gasteiger partial charge in [-0.05, 0) is 24.3 Å². The average Bonchev–Trinajstić information content (AvgIpc) is 2.88. The van der Waals surface area contributed by atoms with Gasteiger partial charge in [0.25, 0.3) is 0 Å². The van der Waals surface area contributed by atoms with Gasteiger partial charge in [-0.25, -0.2) is 10.5 Å². The number of hydrogen-bond acceptors (Lipinski definition) is 5. The van der Waals surface area contributed by atoms with Crippen LogP contribution >= 0.6 is 0 Å². The third-order valence-electron chi connectivity index (χ3n) is 2.48. The maximum Gasteiger partial charge on any atom is 0.183 e. The SMILES string of the molecule is c1ccc(N=NNNc2[nH]nc3ncccc23)cc1. The second-order valence-electron chi connectivity index (χ2n) is 3.75. The molecule has 7 heteroatoms. The van der Waals surface area contributed by atoms with E-state index in [1.54, 1.807) is 6.20 Å². The van der Waals surface area contributed by atoms with Gasteiger partial charge in [-0.3, -0.25) is 10.5 Å². The van der Waals surface area contributed by atoms with Crippen molar-refractivity contribution in [3.63, 3.8) is 0 Å². The molecule has 0 aliphatic heterocycles. The van der Waals surface area contributed by atoms with Gasteiger partial charge < -0.3 is 0 Å². The lowest BCUT2D eigenvalue weighted by atomic mass is 10.3. The number of H-pyrrole nitrogens is 1. The Morgan fingerprint density at radius 2 is 1.95 bits per heavy atom. The minimum absolute atomic E-state index is 0.645. The highest BCUT2D eigenvalue weighted by molar-refractivity contribution is 5.86. The van der Waals surface area contributed by atoms with E-state index in [4.69, 9.17) is 0 Å². The van der Waals surface area contributed by atoms with Crippen molar-refractivity contribution in [3.8, 4) is 0 Å². The topological polar surface area (TPSA) is 90.3 Å². The summed E-state index contributed by atoms with van der Waals surface area (Å²) in [5.74, 6) is 0.690. The van der Waals surface area contributed by atoms with Crippen LogP contribution in [0.5, 0.6) is 0 Å². The fourth-order valence-corrected chi connectivity index (χ4v) is 1.60. The number of anilines is 1. The summed E-state index contributed by atoms with van der Waals surface area (Å²) < 4.78 is 0. The third kappa shape index (κ3) is 2.49. The van der Waals surface area contributed by atoms with E-state index in [1.807, 2.05) is 42.5 Å². The van der Waals surface area contributed by atoms with Gasteiger partial charge in [0.1, 0.15) is 0 Å². The van der Waals surface area contributed by atoms with Crippen LogP contribution in [0.1, 0.15) is 0 Å². The first-order valence-electron chi connectivity index (χ1n) is 5.69. The molecule has 94 valence electrons. The molecule has 0 amide bonds. The Morgan fingerprint density at radius 3 is 2.84 bits per heavy atom. The monoisotopic (exact) mass is 253 g/mol. The molecule has 19 heavy (non-hydrogen) atoms. The highest BCUT2D eigenvalue weighted by Gasteiger charge is 2.03. The summed E-state index contributed by atoms with van der Waals surface area (Å²) in [7, 11) is 0. The second-order valence-corrected chi connectivity index (χ2v) is 3.75. The van der Waals surface area contributed by atoms with Crippen LogP contribution in [0, 0.1) is 0 Å². The molecule has 2 heterocycles. The van der Waals surface area contributed by atoms with Gasteiger partial charge >= 0.3 is 0 Å². The molecule has 1 aromatic carbocycles. The van der Waals surface area contributed by atoms with Crippen LogP contribution in [0.25, 0.3) is 11.0 Å². The summed E-state index contributed by atoms with van der Waals surface area (Å²) in [5, 5.41) is 15.6. The van der Waals surface area contributed by atoms with Crippen molar-refractivity contribution in [2.75, 3.05) is 5.43 Å². The molecule has 0 atom stereocenters. The standard InChI is InChI=1S/C12H11N7/c1-2-5-9(6-3-1)14-18-19-17-12-10-7-4-8-13-11(10)15-16-12/h1-8H,(H,14,19)(H2,13,15,16,17,18). The van der Waals surface area contributed by atoms with Crippen molar-refractivity contribution >= 4 is 22.5 Å². The number of hydrogen-bond donors (Lipinski definition) is 3. The lowest BCUT2D eigenvalue weighted by Crippen LogP contribution is -2.14. The van der Waals surface area contributed by atoms with E-state index in [0.29, 0.717) is 11.5 Å². The molecule has 3 rings (SSSR count). The average molecular weight is 253 g/mol. The minimum Gasteiger partial charge on any atom is -0.267 e. The molecule has 0 radical (unpaired) electrons. The molecule has 7 nitrogen and oxygen atoms in total. The fraction of sp³-hybridized carbons (Fsp3) is 0. The largest absolute Gasteiger partial charge is 0.267 e. The first-order chi connectivity index (χ1) is 9.43. The summed E-state index contributed by atoms with van der Waals surface area (Å²) in [6.45, 7) is 0. The Bertz CT molecular complexity index is 689. The van der Waals surface area contributed by atoms with E-state index in [1.165, 1.54) is 0 Å². The van der Waals surface area contributed by atoms with Crippen LogP contribution in [0.4, 0.5) is 11.5 Å². The number of pyridine rings is 1. The first-order valence-corrected chi connectivity index (χ1v) is 5.69. The number of hydrazine groups is 1. The van der Waals surface area contributed by atoms with Crippen LogP contribution in [0.3, 0.4) is 0 Å². The molecule has 0 saturated heterocycles. The molecular weight excluding hydrogens is 242 g/mol. The van der Waals surface area contributed by atoms with Crippen molar-refractivity contribution in [2.24, 2.45) is 10.3 Å². The summed E-state index contributed by atoms with van der Waals surface area (Å²) in [6, 6.07) is 13.2. The first kappa shape index (κ1) is 11.1. The molecule has 0 spiro atoms. The molecule has 0 aliphatic rings. The number of fused-ring (bicyclic) bond motifs is 1. The Kier molecular flexibility index (Phi) is 3.01. The maximum absolute atomic E-state index is 4.11. The number of nitrogens with one attached hydrogen (secondary N) is 3. The molecule has 0 bridgehead atoms. The molecule has 0 unspecified atom stereocenters. The molecule has 0 fully saturated rings. The maximum atomic E-state index is 4.11. The van der Waals surface area contributed by atoms with Gasteiger partial charge in [-0.2, -0.15) is 5.10 Å². The molecule has 3 N–H and O–H groups in total. The van der Waals surface area contributed by atoms with Gasteiger partial charge in [0.15, 0.2) is 11.5 Å². The highest BCUT2D eigenvalue weighted by Crippen LogP contribution is 2.16. The lowest BCUT2D eigenvalue weighted by molar-refractivity contribution is 0.798. The number of nitrogens with zero attached hydrogens (tertiary/aromatic N) is 4. The number of aromatic amines is 1. The predicted octanol–water partition coefficient (Wildman–Crippen LogP) is 2.57. The van der Waals surface area contributed by atoms with Crippen molar-refractivity contribution < 1.29 is 0 Å². The zero-order chi connectivity index (χ0) is 12.9. The zero-order valence-corrected chi connectivity index (χ0v) is 9.91. The molecular formula is C12H11N7. The normalized spacial score (nSPS) is 10.9. The lowest BCUT2D eigenvalue weighted by Gasteiger charge is -2.00. The van der Waals surface area contributed by atoms with E-state index in [2.05, 4.69) is 36.5 Å². The quantitative estimate of drug-likeness (QED) is 0.492. The van der Waals surface area contributed by atoms with Gasteiger partial charge in [0.2, 0.25) is 0 Å². The van der Waals surface area contributed by atoms with Crippen molar-refractivity contribution in [1.82, 2.24) is 20.7 Å². The third-order valence-corrected chi connectivity index (χ3v) is 2.48. The zero-order valence-electron chi connectivity index (χ0n) is 9.91. The number of rotatable bonds is 4. The van der Waals surface area contributed by atoms with Gasteiger partial charge in [-0.15, -0.1) is 5.11 Å². The Labute approximate surface area is 108 Å². The fourth-order valence-electron chi connectivity index (χ4n) is 1.60. The smallest absolute Gasteiger partial charge is 0.183 e. The van der Waals surface area contributed by atoms with E-state index >= 15 is 0 Å². The predicted molar refractivity (Wildman–Crippen MR) is 71.6 cm³/mol. The summed E-state index contributed by atoms with van der Waals surface area (Å²) in [4.78, 5) is 4.11. The van der Waals surface area contributed by atoms with Crippen LogP contribution in [-0.2, 0) is 0 Å². The Balaban J connectivity index is 1.65. The summed E-state index contributed by atoms with van der Waals surface area (Å²) >= 11 is 0. The Hall–Kier alpha value is -2.96. The molecule has 3 aromatic rings. The second kappa shape index (κ2) is 5.13. The van der Waals surface area contributed by atoms with Crippen molar-refractivity contribution in [2.45, 2.75) is 0 Å².